The van der Waals surface area contributed by atoms with Crippen LogP contribution < -0.4 is 0 Å². The van der Waals surface area contributed by atoms with E-state index in [1.54, 1.807) is 10.7 Å². The first kappa shape index (κ1) is 19.5. The van der Waals surface area contributed by atoms with E-state index in [1.807, 2.05) is 55.7 Å². The molecule has 162 valence electrons. The molecule has 1 heterocycles. The summed E-state index contributed by atoms with van der Waals surface area (Å²) in [7, 11) is 0. The van der Waals surface area contributed by atoms with Gasteiger partial charge in [-0.3, -0.25) is 0 Å². The second kappa shape index (κ2) is 6.40. The van der Waals surface area contributed by atoms with Gasteiger partial charge in [-0.15, -0.1) is 5.10 Å². The Morgan fingerprint density at radius 3 is 2.75 bits per heavy atom. The molecule has 6 heteroatoms. The molecule has 2 fully saturated rings. The number of aromatic nitrogens is 3. The summed E-state index contributed by atoms with van der Waals surface area (Å²) in [6.45, 7) is 5.98. The second-order valence-corrected chi connectivity index (χ2v) is 9.43. The predicted molar refractivity (Wildman–Crippen MR) is 122 cm³/mol. The van der Waals surface area contributed by atoms with Gasteiger partial charge in [0.25, 0.3) is 0 Å². The average Bonchev–Trinajstić information content (AvgIpc) is 3.41. The van der Waals surface area contributed by atoms with E-state index in [0.717, 1.165) is 39.9 Å². The molecule has 0 aliphatic heterocycles. The van der Waals surface area contributed by atoms with Crippen LogP contribution in [-0.4, -0.2) is 42.0 Å². The normalized spacial score (nSPS) is 31.7. The SMILES string of the molecule is C=C1C(O)C23C[C@@]1(O)CC[C@H]2c1ccc(O)c(C)c1/C3=C/n1cc(-c2ccccc2)nn1. The summed E-state index contributed by atoms with van der Waals surface area (Å²) in [5, 5.41) is 41.9. The molecule has 0 amide bonds. The topological polar surface area (TPSA) is 91.4 Å². The number of benzene rings is 2. The lowest BCUT2D eigenvalue weighted by molar-refractivity contribution is 0.0210. The molecular weight excluding hydrogens is 402 g/mol. The van der Waals surface area contributed by atoms with Crippen LogP contribution in [0.3, 0.4) is 0 Å². The number of phenols is 1. The van der Waals surface area contributed by atoms with Crippen LogP contribution in [-0.2, 0) is 0 Å². The molecule has 1 spiro atoms. The average molecular weight is 428 g/mol. The molecule has 0 saturated heterocycles. The molecule has 3 aromatic rings. The summed E-state index contributed by atoms with van der Waals surface area (Å²) in [6.07, 6.45) is 4.61. The molecule has 4 atom stereocenters. The molecule has 3 aliphatic carbocycles. The minimum atomic E-state index is -1.08. The Kier molecular flexibility index (Phi) is 3.89. The van der Waals surface area contributed by atoms with E-state index in [-0.39, 0.29) is 11.7 Å². The number of nitrogens with zero attached hydrogens (tertiary/aromatic N) is 3. The zero-order valence-corrected chi connectivity index (χ0v) is 17.9. The van der Waals surface area contributed by atoms with Gasteiger partial charge < -0.3 is 15.3 Å². The van der Waals surface area contributed by atoms with Crippen molar-refractivity contribution in [1.29, 1.82) is 0 Å². The van der Waals surface area contributed by atoms with Crippen molar-refractivity contribution in [3.05, 3.63) is 77.5 Å². The van der Waals surface area contributed by atoms with E-state index >= 15 is 0 Å². The van der Waals surface area contributed by atoms with E-state index in [2.05, 4.69) is 16.9 Å². The molecule has 32 heavy (non-hydrogen) atoms. The molecule has 6 nitrogen and oxygen atoms in total. The standard InChI is InChI=1S/C26H25N3O3/c1-15-22(30)9-8-18-19-10-11-25(32)14-26(19,24(31)16(25)2)20(23(15)18)12-29-13-21(27-28-29)17-6-4-3-5-7-17/h3-9,12-13,19,24,30-32H,2,10-11,14H2,1H3/b20-12-/t19-,24?,25-,26?/m0/s1. The fourth-order valence-electron chi connectivity index (χ4n) is 6.33. The minimum Gasteiger partial charge on any atom is -0.508 e. The molecule has 6 rings (SSSR count). The van der Waals surface area contributed by atoms with Crippen LogP contribution in [0.2, 0.25) is 0 Å². The van der Waals surface area contributed by atoms with Gasteiger partial charge in [0.05, 0.1) is 17.9 Å². The molecule has 2 aromatic carbocycles. The van der Waals surface area contributed by atoms with Crippen molar-refractivity contribution < 1.29 is 15.3 Å². The maximum absolute atomic E-state index is 11.4. The monoisotopic (exact) mass is 427 g/mol. The summed E-state index contributed by atoms with van der Waals surface area (Å²) < 4.78 is 1.67. The largest absolute Gasteiger partial charge is 0.508 e. The fourth-order valence-corrected chi connectivity index (χ4v) is 6.33. The molecule has 2 bridgehead atoms. The van der Waals surface area contributed by atoms with Crippen LogP contribution in [0.25, 0.3) is 23.0 Å². The van der Waals surface area contributed by atoms with Crippen LogP contribution in [0, 0.1) is 12.3 Å². The quantitative estimate of drug-likeness (QED) is 0.540. The Morgan fingerprint density at radius 2 is 1.97 bits per heavy atom. The smallest absolute Gasteiger partial charge is 0.119 e. The zero-order valence-electron chi connectivity index (χ0n) is 17.9. The number of phenolic OH excluding ortho intramolecular Hbond substituents is 1. The fraction of sp³-hybridized carbons (Fsp3) is 0.308. The van der Waals surface area contributed by atoms with E-state index in [1.165, 1.54) is 0 Å². The Balaban J connectivity index is 1.57. The van der Waals surface area contributed by atoms with Crippen molar-refractivity contribution in [1.82, 2.24) is 15.0 Å². The van der Waals surface area contributed by atoms with E-state index in [0.29, 0.717) is 18.4 Å². The van der Waals surface area contributed by atoms with Gasteiger partial charge in [0.2, 0.25) is 0 Å². The molecule has 3 aliphatic rings. The van der Waals surface area contributed by atoms with Crippen LogP contribution in [0.1, 0.15) is 41.9 Å². The van der Waals surface area contributed by atoms with Crippen molar-refractivity contribution >= 4 is 11.8 Å². The molecule has 1 aromatic heterocycles. The first-order chi connectivity index (χ1) is 15.3. The Bertz CT molecular complexity index is 1290. The lowest BCUT2D eigenvalue weighted by Gasteiger charge is -2.40. The predicted octanol–water partition coefficient (Wildman–Crippen LogP) is 3.89. The summed E-state index contributed by atoms with van der Waals surface area (Å²) in [5.41, 5.74) is 4.11. The maximum Gasteiger partial charge on any atom is 0.119 e. The first-order valence-electron chi connectivity index (χ1n) is 11.0. The third-order valence-corrected chi connectivity index (χ3v) is 7.93. The van der Waals surface area contributed by atoms with E-state index in [9.17, 15) is 15.3 Å². The maximum atomic E-state index is 11.4. The van der Waals surface area contributed by atoms with Crippen LogP contribution in [0.15, 0.2) is 60.8 Å². The number of hydrogen-bond donors (Lipinski definition) is 3. The third-order valence-electron chi connectivity index (χ3n) is 7.93. The number of hydrogen-bond acceptors (Lipinski definition) is 5. The number of aromatic hydroxyl groups is 1. The third kappa shape index (κ3) is 2.36. The molecule has 0 radical (unpaired) electrons. The van der Waals surface area contributed by atoms with Gasteiger partial charge in [-0.05, 0) is 66.0 Å². The van der Waals surface area contributed by atoms with Crippen molar-refractivity contribution in [2.75, 3.05) is 0 Å². The summed E-state index contributed by atoms with van der Waals surface area (Å²) in [6, 6.07) is 13.5. The summed E-state index contributed by atoms with van der Waals surface area (Å²) >= 11 is 0. The minimum absolute atomic E-state index is 0.0368. The van der Waals surface area contributed by atoms with Crippen molar-refractivity contribution in [3.8, 4) is 17.0 Å². The Hall–Kier alpha value is -3.22. The number of fused-ring (bicyclic) bond motifs is 3. The van der Waals surface area contributed by atoms with Gasteiger partial charge >= 0.3 is 0 Å². The highest BCUT2D eigenvalue weighted by molar-refractivity contribution is 5.90. The molecule has 3 N–H and O–H groups in total. The van der Waals surface area contributed by atoms with E-state index in [4.69, 9.17) is 0 Å². The lowest BCUT2D eigenvalue weighted by atomic mass is 9.64. The first-order valence-corrected chi connectivity index (χ1v) is 11.0. The second-order valence-electron chi connectivity index (χ2n) is 9.43. The number of aliphatic hydroxyl groups is 2. The number of rotatable bonds is 2. The van der Waals surface area contributed by atoms with Gasteiger partial charge in [-0.1, -0.05) is 48.2 Å². The Labute approximate surface area is 186 Å². The van der Waals surface area contributed by atoms with Crippen molar-refractivity contribution in [2.45, 2.75) is 43.8 Å². The number of aliphatic hydroxyl groups excluding tert-OH is 1. The van der Waals surface area contributed by atoms with Gasteiger partial charge in [0, 0.05) is 17.2 Å². The molecular formula is C26H25N3O3. The van der Waals surface area contributed by atoms with Crippen LogP contribution in [0.5, 0.6) is 5.75 Å². The zero-order chi connectivity index (χ0) is 22.3. The van der Waals surface area contributed by atoms with Gasteiger partial charge in [-0.2, -0.15) is 0 Å². The highest BCUT2D eigenvalue weighted by Gasteiger charge is 2.67. The van der Waals surface area contributed by atoms with Crippen molar-refractivity contribution in [3.63, 3.8) is 0 Å². The van der Waals surface area contributed by atoms with Crippen LogP contribution in [0.4, 0.5) is 0 Å². The van der Waals surface area contributed by atoms with Gasteiger partial charge in [0.1, 0.15) is 11.4 Å². The van der Waals surface area contributed by atoms with Crippen LogP contribution >= 0.6 is 0 Å². The van der Waals surface area contributed by atoms with E-state index < -0.39 is 17.1 Å². The van der Waals surface area contributed by atoms with Gasteiger partial charge in [-0.25, -0.2) is 4.68 Å². The Morgan fingerprint density at radius 1 is 1.19 bits per heavy atom. The summed E-state index contributed by atoms with van der Waals surface area (Å²) in [4.78, 5) is 0. The summed E-state index contributed by atoms with van der Waals surface area (Å²) in [5.74, 6) is 0.254. The molecule has 2 saturated carbocycles. The van der Waals surface area contributed by atoms with Gasteiger partial charge in [0.15, 0.2) is 0 Å². The highest BCUT2D eigenvalue weighted by Crippen LogP contribution is 2.71. The van der Waals surface area contributed by atoms with Crippen molar-refractivity contribution in [2.24, 2.45) is 5.41 Å². The lowest BCUT2D eigenvalue weighted by Crippen LogP contribution is -2.38. The highest BCUT2D eigenvalue weighted by atomic mass is 16.3. The molecule has 2 unspecified atom stereocenters.